The summed E-state index contributed by atoms with van der Waals surface area (Å²) in [6, 6.07) is 7.54. The molecule has 0 bridgehead atoms. The van der Waals surface area contributed by atoms with Crippen LogP contribution >= 0.6 is 0 Å². The quantitative estimate of drug-likeness (QED) is 0.687. The second-order valence-corrected chi connectivity index (χ2v) is 5.27. The minimum absolute atomic E-state index is 0.0733. The van der Waals surface area contributed by atoms with Crippen LogP contribution in [0.3, 0.4) is 0 Å². The zero-order valence-electron chi connectivity index (χ0n) is 13.6. The number of benzene rings is 1. The fourth-order valence-corrected chi connectivity index (χ4v) is 2.10. The molecule has 0 aliphatic carbocycles. The third kappa shape index (κ3) is 7.22. The Bertz CT molecular complexity index is 471. The number of ether oxygens (including phenoxy) is 1. The average molecular weight is 306 g/mol. The smallest absolute Gasteiger partial charge is 0.222 e. The zero-order valence-corrected chi connectivity index (χ0v) is 13.6. The minimum atomic E-state index is -0.301. The molecule has 1 aromatic carbocycles. The number of aryl methyl sites for hydroxylation is 1. The van der Waals surface area contributed by atoms with Gasteiger partial charge in [0.2, 0.25) is 11.8 Å². The van der Waals surface area contributed by atoms with E-state index < -0.39 is 0 Å². The van der Waals surface area contributed by atoms with Gasteiger partial charge in [-0.2, -0.15) is 0 Å². The number of hydrogen-bond donors (Lipinski definition) is 2. The van der Waals surface area contributed by atoms with Gasteiger partial charge in [0.25, 0.3) is 0 Å². The van der Waals surface area contributed by atoms with Gasteiger partial charge in [-0.05, 0) is 25.8 Å². The summed E-state index contributed by atoms with van der Waals surface area (Å²) in [5.74, 6) is -0.217. The summed E-state index contributed by atoms with van der Waals surface area (Å²) < 4.78 is 5.22. The molecule has 1 unspecified atom stereocenters. The van der Waals surface area contributed by atoms with Gasteiger partial charge in [-0.3, -0.25) is 9.59 Å². The van der Waals surface area contributed by atoms with Gasteiger partial charge < -0.3 is 15.4 Å². The Morgan fingerprint density at radius 2 is 1.91 bits per heavy atom. The lowest BCUT2D eigenvalue weighted by molar-refractivity contribution is -0.122. The Kier molecular flexibility index (Phi) is 8.22. The molecule has 22 heavy (non-hydrogen) atoms. The first-order valence-corrected chi connectivity index (χ1v) is 7.71. The monoisotopic (exact) mass is 306 g/mol. The van der Waals surface area contributed by atoms with E-state index in [1.165, 1.54) is 6.92 Å². The van der Waals surface area contributed by atoms with E-state index in [0.717, 1.165) is 17.5 Å². The van der Waals surface area contributed by atoms with Crippen molar-refractivity contribution in [3.05, 3.63) is 35.4 Å². The van der Waals surface area contributed by atoms with E-state index in [9.17, 15) is 9.59 Å². The molecule has 2 N–H and O–H groups in total. The molecule has 0 aromatic heterocycles. The van der Waals surface area contributed by atoms with Crippen molar-refractivity contribution < 1.29 is 14.3 Å². The maximum Gasteiger partial charge on any atom is 0.222 e. The van der Waals surface area contributed by atoms with Gasteiger partial charge >= 0.3 is 0 Å². The Hall–Kier alpha value is -1.88. The van der Waals surface area contributed by atoms with Crippen molar-refractivity contribution in [3.8, 4) is 0 Å². The Balaban J connectivity index is 2.52. The summed E-state index contributed by atoms with van der Waals surface area (Å²) >= 11 is 0. The van der Waals surface area contributed by atoms with Crippen molar-refractivity contribution in [1.82, 2.24) is 10.6 Å². The Morgan fingerprint density at radius 3 is 2.50 bits per heavy atom. The molecule has 2 amide bonds. The van der Waals surface area contributed by atoms with E-state index in [-0.39, 0.29) is 24.3 Å². The van der Waals surface area contributed by atoms with Gasteiger partial charge in [0.1, 0.15) is 0 Å². The third-order valence-corrected chi connectivity index (χ3v) is 3.24. The first-order valence-electron chi connectivity index (χ1n) is 7.71. The van der Waals surface area contributed by atoms with Crippen LogP contribution < -0.4 is 10.6 Å². The molecule has 122 valence electrons. The summed E-state index contributed by atoms with van der Waals surface area (Å²) in [5, 5.41) is 5.69. The molecule has 0 spiro atoms. The number of amides is 2. The SMILES string of the molecule is CCOCCCNC(=O)CC(NC(C)=O)c1ccc(C)cc1. The van der Waals surface area contributed by atoms with E-state index in [4.69, 9.17) is 4.74 Å². The normalized spacial score (nSPS) is 11.8. The molecule has 0 fully saturated rings. The summed E-state index contributed by atoms with van der Waals surface area (Å²) in [5.41, 5.74) is 2.08. The van der Waals surface area contributed by atoms with Crippen LogP contribution in [-0.2, 0) is 14.3 Å². The first-order chi connectivity index (χ1) is 10.5. The Labute approximate surface area is 132 Å². The molecule has 0 saturated heterocycles. The van der Waals surface area contributed by atoms with Crippen molar-refractivity contribution >= 4 is 11.8 Å². The molecule has 1 atom stereocenters. The number of nitrogens with one attached hydrogen (secondary N) is 2. The zero-order chi connectivity index (χ0) is 16.4. The topological polar surface area (TPSA) is 67.4 Å². The standard InChI is InChI=1S/C17H26N2O3/c1-4-22-11-5-10-18-17(21)12-16(19-14(3)20)15-8-6-13(2)7-9-15/h6-9,16H,4-5,10-12H2,1-3H3,(H,18,21)(H,19,20). The molecule has 0 radical (unpaired) electrons. The summed E-state index contributed by atoms with van der Waals surface area (Å²) in [6.07, 6.45) is 1.02. The number of carbonyl (C=O) groups excluding carboxylic acids is 2. The average Bonchev–Trinajstić information content (AvgIpc) is 2.46. The fourth-order valence-electron chi connectivity index (χ4n) is 2.10. The molecule has 0 aliphatic heterocycles. The van der Waals surface area contributed by atoms with Gasteiger partial charge in [-0.1, -0.05) is 29.8 Å². The highest BCUT2D eigenvalue weighted by Crippen LogP contribution is 2.17. The lowest BCUT2D eigenvalue weighted by Crippen LogP contribution is -2.33. The number of rotatable bonds is 9. The summed E-state index contributed by atoms with van der Waals surface area (Å²) in [6.45, 7) is 7.32. The second-order valence-electron chi connectivity index (χ2n) is 5.27. The van der Waals surface area contributed by atoms with Gasteiger partial charge in [-0.25, -0.2) is 0 Å². The molecule has 5 heteroatoms. The van der Waals surface area contributed by atoms with Crippen LogP contribution in [0.25, 0.3) is 0 Å². The molecule has 1 aromatic rings. The van der Waals surface area contributed by atoms with Crippen LogP contribution in [0.15, 0.2) is 24.3 Å². The van der Waals surface area contributed by atoms with Gasteiger partial charge in [0.15, 0.2) is 0 Å². The van der Waals surface area contributed by atoms with Crippen LogP contribution in [0.5, 0.6) is 0 Å². The molecular formula is C17H26N2O3. The van der Waals surface area contributed by atoms with Crippen molar-refractivity contribution in [3.63, 3.8) is 0 Å². The van der Waals surface area contributed by atoms with Crippen molar-refractivity contribution in [1.29, 1.82) is 0 Å². The van der Waals surface area contributed by atoms with Gasteiger partial charge in [-0.15, -0.1) is 0 Å². The lowest BCUT2D eigenvalue weighted by Gasteiger charge is -2.18. The molecule has 0 saturated carbocycles. The van der Waals surface area contributed by atoms with Crippen LogP contribution in [0.2, 0.25) is 0 Å². The Morgan fingerprint density at radius 1 is 1.23 bits per heavy atom. The van der Waals surface area contributed by atoms with Crippen LogP contribution in [0.1, 0.15) is 43.9 Å². The maximum absolute atomic E-state index is 12.0. The number of hydrogen-bond acceptors (Lipinski definition) is 3. The molecule has 0 heterocycles. The van der Waals surface area contributed by atoms with Crippen molar-refractivity contribution in [2.24, 2.45) is 0 Å². The maximum atomic E-state index is 12.0. The molecule has 0 aliphatic rings. The van der Waals surface area contributed by atoms with E-state index in [0.29, 0.717) is 19.8 Å². The number of carbonyl (C=O) groups is 2. The summed E-state index contributed by atoms with van der Waals surface area (Å²) in [4.78, 5) is 23.4. The van der Waals surface area contributed by atoms with Crippen LogP contribution in [0.4, 0.5) is 0 Å². The summed E-state index contributed by atoms with van der Waals surface area (Å²) in [7, 11) is 0. The molecule has 5 nitrogen and oxygen atoms in total. The first kappa shape index (κ1) is 18.2. The van der Waals surface area contributed by atoms with Gasteiger partial charge in [0.05, 0.1) is 12.5 Å². The van der Waals surface area contributed by atoms with Gasteiger partial charge in [0, 0.05) is 26.7 Å². The van der Waals surface area contributed by atoms with E-state index in [2.05, 4.69) is 10.6 Å². The van der Waals surface area contributed by atoms with E-state index >= 15 is 0 Å². The fraction of sp³-hybridized carbons (Fsp3) is 0.529. The highest BCUT2D eigenvalue weighted by atomic mass is 16.5. The van der Waals surface area contributed by atoms with Crippen LogP contribution in [0, 0.1) is 6.92 Å². The lowest BCUT2D eigenvalue weighted by atomic mass is 10.0. The van der Waals surface area contributed by atoms with Crippen molar-refractivity contribution in [2.45, 2.75) is 39.7 Å². The minimum Gasteiger partial charge on any atom is -0.382 e. The van der Waals surface area contributed by atoms with E-state index in [1.54, 1.807) is 0 Å². The third-order valence-electron chi connectivity index (χ3n) is 3.24. The second kappa shape index (κ2) is 9.95. The predicted molar refractivity (Wildman–Crippen MR) is 86.5 cm³/mol. The van der Waals surface area contributed by atoms with Crippen LogP contribution in [-0.4, -0.2) is 31.6 Å². The van der Waals surface area contributed by atoms with Crippen molar-refractivity contribution in [2.75, 3.05) is 19.8 Å². The molecular weight excluding hydrogens is 280 g/mol. The van der Waals surface area contributed by atoms with E-state index in [1.807, 2.05) is 38.1 Å². The largest absolute Gasteiger partial charge is 0.382 e. The predicted octanol–water partition coefficient (Wildman–Crippen LogP) is 2.11. The molecule has 1 rings (SSSR count). The highest BCUT2D eigenvalue weighted by Gasteiger charge is 2.16. The highest BCUT2D eigenvalue weighted by molar-refractivity contribution is 5.79.